The van der Waals surface area contributed by atoms with Crippen molar-refractivity contribution >= 4 is 23.9 Å². The molecule has 3 amide bonds. The lowest BCUT2D eigenvalue weighted by atomic mass is 10.4. The number of hydrogen-bond donors (Lipinski definition) is 2. The fourth-order valence-electron chi connectivity index (χ4n) is 0.891. The second kappa shape index (κ2) is 9.63. The molecule has 0 fully saturated rings. The number of amides is 3. The molecule has 106 valence electrons. The van der Waals surface area contributed by atoms with Crippen LogP contribution in [0.1, 0.15) is 13.8 Å². The van der Waals surface area contributed by atoms with Crippen LogP contribution in [-0.4, -0.2) is 43.6 Å². The topological polar surface area (TPSA) is 111 Å². The quantitative estimate of drug-likeness (QED) is 0.498. The largest absolute Gasteiger partial charge is 0.465 e. The molecule has 0 aromatic carbocycles. The lowest BCUT2D eigenvalue weighted by Crippen LogP contribution is -2.31. The van der Waals surface area contributed by atoms with E-state index in [0.717, 1.165) is 12.2 Å². The number of imide groups is 1. The van der Waals surface area contributed by atoms with Gasteiger partial charge in [0.05, 0.1) is 13.2 Å². The van der Waals surface area contributed by atoms with Crippen LogP contribution in [0.15, 0.2) is 12.2 Å². The minimum atomic E-state index is -0.899. The zero-order valence-corrected chi connectivity index (χ0v) is 10.7. The smallest absolute Gasteiger partial charge is 0.414 e. The van der Waals surface area contributed by atoms with Gasteiger partial charge in [0.15, 0.2) is 0 Å². The Morgan fingerprint density at radius 2 is 1.53 bits per heavy atom. The van der Waals surface area contributed by atoms with Crippen molar-refractivity contribution in [1.29, 1.82) is 0 Å². The number of nitrogens with one attached hydrogen (secondary N) is 2. The molecule has 0 aliphatic rings. The molecule has 0 heterocycles. The minimum absolute atomic E-state index is 0.128. The van der Waals surface area contributed by atoms with Gasteiger partial charge in [-0.05, 0) is 13.8 Å². The van der Waals surface area contributed by atoms with E-state index >= 15 is 0 Å². The fourth-order valence-corrected chi connectivity index (χ4v) is 0.891. The summed E-state index contributed by atoms with van der Waals surface area (Å²) in [5, 5.41) is 4.07. The van der Waals surface area contributed by atoms with Crippen LogP contribution >= 0.6 is 0 Å². The number of hydrogen-bond acceptors (Lipinski definition) is 6. The fraction of sp³-hybridized carbons (Fsp3) is 0.455. The van der Waals surface area contributed by atoms with Gasteiger partial charge in [0.2, 0.25) is 5.91 Å². The monoisotopic (exact) mass is 272 g/mol. The zero-order valence-electron chi connectivity index (χ0n) is 10.7. The van der Waals surface area contributed by atoms with Crippen LogP contribution in [0.5, 0.6) is 0 Å². The highest BCUT2D eigenvalue weighted by Gasteiger charge is 2.06. The summed E-state index contributed by atoms with van der Waals surface area (Å²) in [5.74, 6) is -2.04. The summed E-state index contributed by atoms with van der Waals surface area (Å²) < 4.78 is 9.04. The van der Waals surface area contributed by atoms with Crippen LogP contribution < -0.4 is 10.6 Å². The SMILES string of the molecule is CCOC(=O)CNC(=O)C=CC(=O)NC(=O)OCC. The van der Waals surface area contributed by atoms with Crippen molar-refractivity contribution in [3.63, 3.8) is 0 Å². The van der Waals surface area contributed by atoms with E-state index in [-0.39, 0.29) is 19.8 Å². The molecule has 0 aromatic rings. The molecule has 8 nitrogen and oxygen atoms in total. The van der Waals surface area contributed by atoms with Gasteiger partial charge < -0.3 is 14.8 Å². The second-order valence-electron chi connectivity index (χ2n) is 3.07. The summed E-state index contributed by atoms with van der Waals surface area (Å²) in [6.07, 6.45) is 0.828. The molecule has 0 unspecified atom stereocenters. The summed E-state index contributed by atoms with van der Waals surface area (Å²) >= 11 is 0. The standard InChI is InChI=1S/C11H16N2O6/c1-3-18-10(16)7-12-8(14)5-6-9(15)13-11(17)19-4-2/h5-6H,3-4,7H2,1-2H3,(H,12,14)(H,13,15,17). The lowest BCUT2D eigenvalue weighted by molar-refractivity contribution is -0.143. The van der Waals surface area contributed by atoms with Crippen molar-refractivity contribution in [3.8, 4) is 0 Å². The summed E-state index contributed by atoms with van der Waals surface area (Å²) in [7, 11) is 0. The molecular formula is C11H16N2O6. The molecule has 0 atom stereocenters. The molecule has 0 radical (unpaired) electrons. The highest BCUT2D eigenvalue weighted by Crippen LogP contribution is 1.81. The first-order chi connectivity index (χ1) is 8.99. The van der Waals surface area contributed by atoms with Crippen LogP contribution in [0.2, 0.25) is 0 Å². The third-order valence-corrected chi connectivity index (χ3v) is 1.60. The van der Waals surface area contributed by atoms with Gasteiger partial charge in [-0.1, -0.05) is 0 Å². The first-order valence-corrected chi connectivity index (χ1v) is 5.58. The Labute approximate surface area is 110 Å². The zero-order chi connectivity index (χ0) is 14.7. The molecular weight excluding hydrogens is 256 g/mol. The maximum absolute atomic E-state index is 11.2. The Hall–Kier alpha value is -2.38. The average Bonchev–Trinajstić information content (AvgIpc) is 2.34. The predicted octanol–water partition coefficient (Wildman–Crippen LogP) is -0.505. The number of alkyl carbamates (subject to hydrolysis) is 1. The van der Waals surface area contributed by atoms with E-state index in [1.165, 1.54) is 0 Å². The van der Waals surface area contributed by atoms with Crippen LogP contribution in [0.3, 0.4) is 0 Å². The molecule has 0 aromatic heterocycles. The lowest BCUT2D eigenvalue weighted by Gasteiger charge is -2.02. The first-order valence-electron chi connectivity index (χ1n) is 5.58. The van der Waals surface area contributed by atoms with Gasteiger partial charge in [0.1, 0.15) is 6.54 Å². The van der Waals surface area contributed by atoms with Crippen LogP contribution in [0, 0.1) is 0 Å². The van der Waals surface area contributed by atoms with Crippen molar-refractivity contribution in [1.82, 2.24) is 10.6 Å². The van der Waals surface area contributed by atoms with Gasteiger partial charge in [-0.2, -0.15) is 0 Å². The van der Waals surface area contributed by atoms with Gasteiger partial charge in [0.25, 0.3) is 5.91 Å². The maximum atomic E-state index is 11.2. The van der Waals surface area contributed by atoms with E-state index in [4.69, 9.17) is 0 Å². The van der Waals surface area contributed by atoms with Gasteiger partial charge >= 0.3 is 12.1 Å². The van der Waals surface area contributed by atoms with Gasteiger partial charge in [-0.3, -0.25) is 19.7 Å². The minimum Gasteiger partial charge on any atom is -0.465 e. The molecule has 0 aliphatic carbocycles. The average molecular weight is 272 g/mol. The number of carbonyl (C=O) groups excluding carboxylic acids is 4. The second-order valence-corrected chi connectivity index (χ2v) is 3.07. The predicted molar refractivity (Wildman–Crippen MR) is 63.9 cm³/mol. The van der Waals surface area contributed by atoms with E-state index in [0.29, 0.717) is 0 Å². The number of ether oxygens (including phenoxy) is 2. The molecule has 0 saturated carbocycles. The van der Waals surface area contributed by atoms with Gasteiger partial charge in [-0.15, -0.1) is 0 Å². The molecule has 2 N–H and O–H groups in total. The number of carbonyl (C=O) groups is 4. The third kappa shape index (κ3) is 9.33. The molecule has 0 aliphatic heterocycles. The van der Waals surface area contributed by atoms with E-state index in [1.807, 2.05) is 5.32 Å². The molecule has 19 heavy (non-hydrogen) atoms. The molecule has 0 bridgehead atoms. The normalized spacial score (nSPS) is 9.79. The van der Waals surface area contributed by atoms with Gasteiger partial charge in [-0.25, -0.2) is 4.79 Å². The number of esters is 1. The molecule has 0 spiro atoms. The van der Waals surface area contributed by atoms with Gasteiger partial charge in [0, 0.05) is 12.2 Å². The Morgan fingerprint density at radius 1 is 0.947 bits per heavy atom. The Morgan fingerprint density at radius 3 is 2.11 bits per heavy atom. The highest BCUT2D eigenvalue weighted by molar-refractivity contribution is 6.02. The van der Waals surface area contributed by atoms with Crippen LogP contribution in [0.4, 0.5) is 4.79 Å². The molecule has 8 heteroatoms. The first kappa shape index (κ1) is 16.6. The van der Waals surface area contributed by atoms with Crippen LogP contribution in [-0.2, 0) is 23.9 Å². The summed E-state index contributed by atoms with van der Waals surface area (Å²) in [6.45, 7) is 3.27. The summed E-state index contributed by atoms with van der Waals surface area (Å²) in [5.41, 5.74) is 0. The molecule has 0 saturated heterocycles. The molecule has 0 rings (SSSR count). The number of rotatable bonds is 6. The maximum Gasteiger partial charge on any atom is 0.414 e. The summed E-state index contributed by atoms with van der Waals surface area (Å²) in [6, 6.07) is 0. The van der Waals surface area contributed by atoms with Crippen molar-refractivity contribution in [2.24, 2.45) is 0 Å². The van der Waals surface area contributed by atoms with E-state index < -0.39 is 23.9 Å². The van der Waals surface area contributed by atoms with Crippen LogP contribution in [0.25, 0.3) is 0 Å². The van der Waals surface area contributed by atoms with E-state index in [2.05, 4.69) is 14.8 Å². The third-order valence-electron chi connectivity index (χ3n) is 1.60. The van der Waals surface area contributed by atoms with Crippen molar-refractivity contribution < 1.29 is 28.7 Å². The van der Waals surface area contributed by atoms with Crippen molar-refractivity contribution in [2.45, 2.75) is 13.8 Å². The van der Waals surface area contributed by atoms with Crippen molar-refractivity contribution in [2.75, 3.05) is 19.8 Å². The van der Waals surface area contributed by atoms with E-state index in [1.54, 1.807) is 13.8 Å². The summed E-state index contributed by atoms with van der Waals surface area (Å²) in [4.78, 5) is 44.0. The highest BCUT2D eigenvalue weighted by atomic mass is 16.5. The Balaban J connectivity index is 3.97. The Bertz CT molecular complexity index is 377. The van der Waals surface area contributed by atoms with Crippen molar-refractivity contribution in [3.05, 3.63) is 12.2 Å². The Kier molecular flexibility index (Phi) is 8.42. The van der Waals surface area contributed by atoms with E-state index in [9.17, 15) is 19.2 Å².